The summed E-state index contributed by atoms with van der Waals surface area (Å²) < 4.78 is 5.70. The topological polar surface area (TPSA) is 50.4 Å². The van der Waals surface area contributed by atoms with Crippen LogP contribution in [0, 0.1) is 6.92 Å². The molecular weight excluding hydrogens is 288 g/mol. The van der Waals surface area contributed by atoms with Crippen LogP contribution in [0.4, 0.5) is 0 Å². The quantitative estimate of drug-likeness (QED) is 0.899. The highest BCUT2D eigenvalue weighted by atomic mass is 35.5. The van der Waals surface area contributed by atoms with E-state index in [0.717, 1.165) is 24.9 Å². The minimum absolute atomic E-state index is 0.0910. The maximum absolute atomic E-state index is 12.2. The fourth-order valence-corrected chi connectivity index (χ4v) is 2.69. The van der Waals surface area contributed by atoms with Crippen molar-refractivity contribution in [3.63, 3.8) is 0 Å². The molecule has 116 valence electrons. The SMILES string of the molecule is Cc1ccc(Cl)c(OC(C)C(=O)NC2CCNC(C)C2)c1. The van der Waals surface area contributed by atoms with Gasteiger partial charge in [-0.05, 0) is 57.9 Å². The smallest absolute Gasteiger partial charge is 0.260 e. The van der Waals surface area contributed by atoms with E-state index in [0.29, 0.717) is 16.8 Å². The molecule has 1 aromatic rings. The van der Waals surface area contributed by atoms with Crippen LogP contribution in [-0.2, 0) is 4.79 Å². The molecule has 1 saturated heterocycles. The maximum Gasteiger partial charge on any atom is 0.260 e. The van der Waals surface area contributed by atoms with Crippen LogP contribution in [-0.4, -0.2) is 30.6 Å². The lowest BCUT2D eigenvalue weighted by Crippen LogP contribution is -2.49. The molecule has 3 unspecified atom stereocenters. The number of carbonyl (C=O) groups excluding carboxylic acids is 1. The van der Waals surface area contributed by atoms with Gasteiger partial charge in [0.05, 0.1) is 5.02 Å². The average molecular weight is 311 g/mol. The molecule has 2 rings (SSSR count). The standard InChI is InChI=1S/C16H23ClN2O2/c1-10-4-5-14(17)15(8-10)21-12(3)16(20)19-13-6-7-18-11(2)9-13/h4-5,8,11-13,18H,6-7,9H2,1-3H3,(H,19,20). The fourth-order valence-electron chi connectivity index (χ4n) is 2.53. The van der Waals surface area contributed by atoms with Gasteiger partial charge in [-0.1, -0.05) is 17.7 Å². The van der Waals surface area contributed by atoms with E-state index in [-0.39, 0.29) is 11.9 Å². The first-order valence-electron chi connectivity index (χ1n) is 7.42. The Kier molecular flexibility index (Phi) is 5.48. The van der Waals surface area contributed by atoms with Crippen LogP contribution in [0.1, 0.15) is 32.3 Å². The van der Waals surface area contributed by atoms with Gasteiger partial charge in [0.25, 0.3) is 5.91 Å². The van der Waals surface area contributed by atoms with E-state index in [1.807, 2.05) is 19.1 Å². The van der Waals surface area contributed by atoms with Crippen LogP contribution in [0.3, 0.4) is 0 Å². The highest BCUT2D eigenvalue weighted by Crippen LogP contribution is 2.26. The minimum Gasteiger partial charge on any atom is -0.479 e. The highest BCUT2D eigenvalue weighted by Gasteiger charge is 2.23. The van der Waals surface area contributed by atoms with Crippen molar-refractivity contribution in [2.75, 3.05) is 6.54 Å². The van der Waals surface area contributed by atoms with Crippen molar-refractivity contribution >= 4 is 17.5 Å². The first-order chi connectivity index (χ1) is 9.95. The summed E-state index contributed by atoms with van der Waals surface area (Å²) in [5.41, 5.74) is 1.05. The van der Waals surface area contributed by atoms with Crippen LogP contribution in [0.2, 0.25) is 5.02 Å². The largest absolute Gasteiger partial charge is 0.479 e. The van der Waals surface area contributed by atoms with E-state index in [1.165, 1.54) is 0 Å². The maximum atomic E-state index is 12.2. The van der Waals surface area contributed by atoms with Crippen molar-refractivity contribution in [3.8, 4) is 5.75 Å². The molecule has 21 heavy (non-hydrogen) atoms. The number of ether oxygens (including phenoxy) is 1. The van der Waals surface area contributed by atoms with Gasteiger partial charge in [0.15, 0.2) is 6.10 Å². The normalized spacial score (nSPS) is 23.4. The van der Waals surface area contributed by atoms with Gasteiger partial charge in [-0.2, -0.15) is 0 Å². The van der Waals surface area contributed by atoms with Crippen molar-refractivity contribution in [1.82, 2.24) is 10.6 Å². The first kappa shape index (κ1) is 16.1. The van der Waals surface area contributed by atoms with E-state index in [2.05, 4.69) is 17.6 Å². The number of aryl methyl sites for hydroxylation is 1. The molecular formula is C16H23ClN2O2. The van der Waals surface area contributed by atoms with Gasteiger partial charge >= 0.3 is 0 Å². The molecule has 5 heteroatoms. The summed E-state index contributed by atoms with van der Waals surface area (Å²) >= 11 is 6.09. The van der Waals surface area contributed by atoms with Crippen molar-refractivity contribution in [2.45, 2.75) is 51.8 Å². The number of piperidine rings is 1. The van der Waals surface area contributed by atoms with Gasteiger partial charge in [-0.3, -0.25) is 4.79 Å². The molecule has 1 fully saturated rings. The number of nitrogens with one attached hydrogen (secondary N) is 2. The number of benzene rings is 1. The molecule has 3 atom stereocenters. The van der Waals surface area contributed by atoms with E-state index < -0.39 is 6.10 Å². The molecule has 0 radical (unpaired) electrons. The van der Waals surface area contributed by atoms with Gasteiger partial charge in [-0.15, -0.1) is 0 Å². The Morgan fingerprint density at radius 3 is 3.00 bits per heavy atom. The molecule has 1 amide bonds. The Balaban J connectivity index is 1.91. The van der Waals surface area contributed by atoms with Crippen LogP contribution >= 0.6 is 11.6 Å². The Bertz CT molecular complexity index is 507. The summed E-state index contributed by atoms with van der Waals surface area (Å²) in [5.74, 6) is 0.463. The van der Waals surface area contributed by atoms with Crippen molar-refractivity contribution in [3.05, 3.63) is 28.8 Å². The summed E-state index contributed by atoms with van der Waals surface area (Å²) in [4.78, 5) is 12.2. The zero-order chi connectivity index (χ0) is 15.4. The highest BCUT2D eigenvalue weighted by molar-refractivity contribution is 6.32. The van der Waals surface area contributed by atoms with Gasteiger partial charge in [0, 0.05) is 12.1 Å². The molecule has 1 aromatic carbocycles. The molecule has 0 bridgehead atoms. The lowest BCUT2D eigenvalue weighted by atomic mass is 10.0. The summed E-state index contributed by atoms with van der Waals surface area (Å²) in [5, 5.41) is 6.95. The number of carbonyl (C=O) groups is 1. The molecule has 0 aromatic heterocycles. The number of hydrogen-bond acceptors (Lipinski definition) is 3. The summed E-state index contributed by atoms with van der Waals surface area (Å²) in [6, 6.07) is 6.19. The molecule has 4 nitrogen and oxygen atoms in total. The zero-order valence-electron chi connectivity index (χ0n) is 12.8. The monoisotopic (exact) mass is 310 g/mol. The van der Waals surface area contributed by atoms with Gasteiger partial charge in [-0.25, -0.2) is 0 Å². The Labute approximate surface area is 131 Å². The average Bonchev–Trinajstić information content (AvgIpc) is 2.43. The Morgan fingerprint density at radius 2 is 2.29 bits per heavy atom. The Morgan fingerprint density at radius 1 is 1.52 bits per heavy atom. The van der Waals surface area contributed by atoms with Crippen LogP contribution in [0.5, 0.6) is 5.75 Å². The van der Waals surface area contributed by atoms with E-state index in [1.54, 1.807) is 13.0 Å². The number of hydrogen-bond donors (Lipinski definition) is 2. The molecule has 1 aliphatic rings. The number of rotatable bonds is 4. The molecule has 0 saturated carbocycles. The molecule has 0 aliphatic carbocycles. The lowest BCUT2D eigenvalue weighted by Gasteiger charge is -2.29. The second kappa shape index (κ2) is 7.14. The molecule has 1 aliphatic heterocycles. The van der Waals surface area contributed by atoms with Gasteiger partial charge in [0.1, 0.15) is 5.75 Å². The van der Waals surface area contributed by atoms with E-state index in [4.69, 9.17) is 16.3 Å². The molecule has 2 N–H and O–H groups in total. The van der Waals surface area contributed by atoms with E-state index >= 15 is 0 Å². The summed E-state index contributed by atoms with van der Waals surface area (Å²) in [6.07, 6.45) is 1.34. The first-order valence-corrected chi connectivity index (χ1v) is 7.80. The van der Waals surface area contributed by atoms with Crippen molar-refractivity contribution in [2.24, 2.45) is 0 Å². The third-order valence-corrected chi connectivity index (χ3v) is 4.04. The van der Waals surface area contributed by atoms with Crippen LogP contribution in [0.25, 0.3) is 0 Å². The second-order valence-corrected chi connectivity index (χ2v) is 6.19. The molecule has 1 heterocycles. The predicted molar refractivity (Wildman–Crippen MR) is 84.9 cm³/mol. The minimum atomic E-state index is -0.561. The third-order valence-electron chi connectivity index (χ3n) is 3.73. The van der Waals surface area contributed by atoms with E-state index in [9.17, 15) is 4.79 Å². The second-order valence-electron chi connectivity index (χ2n) is 5.78. The fraction of sp³-hybridized carbons (Fsp3) is 0.562. The summed E-state index contributed by atoms with van der Waals surface area (Å²) in [6.45, 7) is 6.78. The third kappa shape index (κ3) is 4.61. The van der Waals surface area contributed by atoms with Crippen LogP contribution < -0.4 is 15.4 Å². The zero-order valence-corrected chi connectivity index (χ0v) is 13.5. The van der Waals surface area contributed by atoms with Crippen molar-refractivity contribution in [1.29, 1.82) is 0 Å². The Hall–Kier alpha value is -1.26. The summed E-state index contributed by atoms with van der Waals surface area (Å²) in [7, 11) is 0. The number of amides is 1. The van der Waals surface area contributed by atoms with Gasteiger partial charge < -0.3 is 15.4 Å². The van der Waals surface area contributed by atoms with Crippen LogP contribution in [0.15, 0.2) is 18.2 Å². The molecule has 0 spiro atoms. The number of halogens is 1. The lowest BCUT2D eigenvalue weighted by molar-refractivity contribution is -0.128. The van der Waals surface area contributed by atoms with Crippen molar-refractivity contribution < 1.29 is 9.53 Å². The van der Waals surface area contributed by atoms with Gasteiger partial charge in [0.2, 0.25) is 0 Å². The predicted octanol–water partition coefficient (Wildman–Crippen LogP) is 2.67.